The Morgan fingerprint density at radius 3 is 2.43 bits per heavy atom. The maximum absolute atomic E-state index is 11.8. The van der Waals surface area contributed by atoms with E-state index in [4.69, 9.17) is 4.74 Å². The third-order valence-corrected chi connectivity index (χ3v) is 4.42. The summed E-state index contributed by atoms with van der Waals surface area (Å²) in [6.45, 7) is 14.5. The van der Waals surface area contributed by atoms with Gasteiger partial charge in [0.1, 0.15) is 5.60 Å². The molecule has 0 bridgehead atoms. The van der Waals surface area contributed by atoms with E-state index >= 15 is 0 Å². The average molecular weight is 318 g/mol. The Balaban J connectivity index is 4.20. The van der Waals surface area contributed by atoms with Crippen LogP contribution in [-0.2, 0) is 4.74 Å². The van der Waals surface area contributed by atoms with E-state index in [1.165, 1.54) is 6.42 Å². The van der Waals surface area contributed by atoms with E-state index in [0.29, 0.717) is 5.92 Å². The zero-order chi connectivity index (χ0) is 16.3. The lowest BCUT2D eigenvalue weighted by atomic mass is 10.1. The number of rotatable bonds is 11. The molecule has 0 heterocycles. The summed E-state index contributed by atoms with van der Waals surface area (Å²) in [5.74, 6) is 0.583. The summed E-state index contributed by atoms with van der Waals surface area (Å²) in [5.41, 5.74) is -0.412. The second-order valence-corrected chi connectivity index (χ2v) is 7.73. The Morgan fingerprint density at radius 2 is 1.95 bits per heavy atom. The first-order valence-electron chi connectivity index (χ1n) is 8.16. The Bertz CT molecular complexity index is 280. The second kappa shape index (κ2) is 11.4. The van der Waals surface area contributed by atoms with Crippen molar-refractivity contribution >= 4 is 14.3 Å². The van der Waals surface area contributed by atoms with Crippen LogP contribution >= 0.6 is 8.58 Å². The highest BCUT2D eigenvalue weighted by Gasteiger charge is 2.18. The molecule has 0 spiro atoms. The van der Waals surface area contributed by atoms with Gasteiger partial charge in [0, 0.05) is 19.6 Å². The minimum atomic E-state index is -0.368. The van der Waals surface area contributed by atoms with E-state index in [0.717, 1.165) is 38.8 Å². The molecule has 0 saturated carbocycles. The molecule has 2 atom stereocenters. The van der Waals surface area contributed by atoms with Crippen molar-refractivity contribution in [2.75, 3.05) is 39.4 Å². The van der Waals surface area contributed by atoms with E-state index in [1.54, 1.807) is 0 Å². The van der Waals surface area contributed by atoms with Gasteiger partial charge in [-0.15, -0.1) is 0 Å². The van der Waals surface area contributed by atoms with Crippen molar-refractivity contribution in [3.8, 4) is 0 Å². The van der Waals surface area contributed by atoms with Crippen molar-refractivity contribution in [2.24, 2.45) is 5.92 Å². The monoisotopic (exact) mass is 318 g/mol. The van der Waals surface area contributed by atoms with E-state index in [-0.39, 0.29) is 19.9 Å². The smallest absolute Gasteiger partial charge is 0.323 e. The summed E-state index contributed by atoms with van der Waals surface area (Å²) in [7, 11) is 2.26. The third-order valence-electron chi connectivity index (χ3n) is 3.25. The molecule has 0 rings (SSSR count). The minimum Gasteiger partial charge on any atom is -0.457 e. The van der Waals surface area contributed by atoms with E-state index in [2.05, 4.69) is 24.1 Å². The van der Waals surface area contributed by atoms with Gasteiger partial charge in [0.15, 0.2) is 0 Å². The first-order valence-corrected chi connectivity index (χ1v) is 9.36. The van der Waals surface area contributed by atoms with Gasteiger partial charge in [0.2, 0.25) is 0 Å². The summed E-state index contributed by atoms with van der Waals surface area (Å²) in [5, 5.41) is 3.21. The van der Waals surface area contributed by atoms with Crippen molar-refractivity contribution in [2.45, 2.75) is 53.1 Å². The summed E-state index contributed by atoms with van der Waals surface area (Å²) >= 11 is 0. The molecule has 0 fully saturated rings. The molecule has 4 nitrogen and oxygen atoms in total. The van der Waals surface area contributed by atoms with Crippen molar-refractivity contribution in [1.29, 1.82) is 0 Å². The van der Waals surface area contributed by atoms with Crippen LogP contribution in [0.2, 0.25) is 0 Å². The maximum atomic E-state index is 11.8. The van der Waals surface area contributed by atoms with Crippen molar-refractivity contribution in [3.05, 3.63) is 0 Å². The minimum absolute atomic E-state index is 0.0433. The van der Waals surface area contributed by atoms with Gasteiger partial charge in [-0.3, -0.25) is 0 Å². The molecule has 21 heavy (non-hydrogen) atoms. The molecule has 126 valence electrons. The average Bonchev–Trinajstić information content (AvgIpc) is 2.38. The molecular formula is C16H35N2O2P. The first-order chi connectivity index (χ1) is 9.82. The molecule has 2 unspecified atom stereocenters. The SMILES string of the molecule is CCCN(CCNC)CC(CC)CPC(=O)OC(C)(C)C. The number of nitrogens with zero attached hydrogens (tertiary/aromatic N) is 1. The normalized spacial score (nSPS) is 14.0. The largest absolute Gasteiger partial charge is 0.457 e. The van der Waals surface area contributed by atoms with Gasteiger partial charge in [-0.1, -0.05) is 20.3 Å². The standard InChI is InChI=1S/C16H35N2O2P/c1-7-10-18(11-9-17-6)12-14(8-2)13-21-15(19)20-16(3,4)5/h14,17,21H,7-13H2,1-6H3. The number of carbonyl (C=O) groups is 1. The van der Waals surface area contributed by atoms with Gasteiger partial charge >= 0.3 is 5.71 Å². The van der Waals surface area contributed by atoms with Crippen molar-refractivity contribution in [3.63, 3.8) is 0 Å². The van der Waals surface area contributed by atoms with Crippen LogP contribution in [0.1, 0.15) is 47.5 Å². The Labute approximate surface area is 133 Å². The molecule has 5 heteroatoms. The zero-order valence-electron chi connectivity index (χ0n) is 14.8. The van der Waals surface area contributed by atoms with Crippen LogP contribution in [-0.4, -0.2) is 55.6 Å². The molecule has 0 aliphatic heterocycles. The van der Waals surface area contributed by atoms with Crippen LogP contribution in [0.3, 0.4) is 0 Å². The summed E-state index contributed by atoms with van der Waals surface area (Å²) in [6, 6.07) is 0. The van der Waals surface area contributed by atoms with Gasteiger partial charge < -0.3 is 15.0 Å². The fraction of sp³-hybridized carbons (Fsp3) is 0.938. The first kappa shape index (κ1) is 20.8. The zero-order valence-corrected chi connectivity index (χ0v) is 15.8. The molecule has 0 aromatic carbocycles. The molecule has 0 aliphatic carbocycles. The fourth-order valence-electron chi connectivity index (χ4n) is 2.13. The van der Waals surface area contributed by atoms with Gasteiger partial charge in [-0.25, -0.2) is 4.79 Å². The lowest BCUT2D eigenvalue weighted by Gasteiger charge is -2.27. The molecule has 0 amide bonds. The highest BCUT2D eigenvalue weighted by Crippen LogP contribution is 2.24. The van der Waals surface area contributed by atoms with Crippen LogP contribution in [0.25, 0.3) is 0 Å². The van der Waals surface area contributed by atoms with Crippen LogP contribution in [0.15, 0.2) is 0 Å². The predicted molar refractivity (Wildman–Crippen MR) is 93.9 cm³/mol. The van der Waals surface area contributed by atoms with Crippen LogP contribution in [0, 0.1) is 5.92 Å². The van der Waals surface area contributed by atoms with Crippen LogP contribution < -0.4 is 5.32 Å². The maximum Gasteiger partial charge on any atom is 0.323 e. The van der Waals surface area contributed by atoms with Gasteiger partial charge in [0.05, 0.1) is 0 Å². The summed E-state index contributed by atoms with van der Waals surface area (Å²) < 4.78 is 5.40. The van der Waals surface area contributed by atoms with Crippen LogP contribution in [0.5, 0.6) is 0 Å². The molecule has 0 aromatic rings. The quantitative estimate of drug-likeness (QED) is 0.592. The highest BCUT2D eigenvalue weighted by atomic mass is 31.1. The second-order valence-electron chi connectivity index (χ2n) is 6.56. The van der Waals surface area contributed by atoms with Crippen LogP contribution in [0.4, 0.5) is 4.79 Å². The predicted octanol–water partition coefficient (Wildman–Crippen LogP) is 3.56. The Morgan fingerprint density at radius 1 is 1.29 bits per heavy atom. The van der Waals surface area contributed by atoms with Gasteiger partial charge in [-0.2, -0.15) is 0 Å². The lowest BCUT2D eigenvalue weighted by Crippen LogP contribution is -2.36. The summed E-state index contributed by atoms with van der Waals surface area (Å²) in [4.78, 5) is 14.3. The van der Waals surface area contributed by atoms with E-state index in [9.17, 15) is 4.79 Å². The lowest BCUT2D eigenvalue weighted by molar-refractivity contribution is 0.0731. The number of ether oxygens (including phenoxy) is 1. The van der Waals surface area contributed by atoms with Crippen molar-refractivity contribution < 1.29 is 9.53 Å². The molecule has 1 N–H and O–H groups in total. The molecule has 0 radical (unpaired) electrons. The number of nitrogens with one attached hydrogen (secondary N) is 1. The van der Waals surface area contributed by atoms with E-state index < -0.39 is 0 Å². The highest BCUT2D eigenvalue weighted by molar-refractivity contribution is 7.57. The molecule has 0 aliphatic rings. The Kier molecular flexibility index (Phi) is 11.3. The topological polar surface area (TPSA) is 41.6 Å². The van der Waals surface area contributed by atoms with Crippen molar-refractivity contribution in [1.82, 2.24) is 10.2 Å². The Hall–Kier alpha value is -0.180. The number of hydrogen-bond acceptors (Lipinski definition) is 4. The molecular weight excluding hydrogens is 283 g/mol. The summed E-state index contributed by atoms with van der Waals surface area (Å²) in [6.07, 6.45) is 3.25. The van der Waals surface area contributed by atoms with Gasteiger partial charge in [-0.05, 0) is 61.4 Å². The molecule has 0 aromatic heterocycles. The third kappa shape index (κ3) is 12.1. The van der Waals surface area contributed by atoms with Gasteiger partial charge in [0.25, 0.3) is 0 Å². The fourth-order valence-corrected chi connectivity index (χ4v) is 3.38. The number of likely N-dealkylation sites (N-methyl/N-ethyl adjacent to an activating group) is 1. The number of hydrogen-bond donors (Lipinski definition) is 1. The molecule has 0 saturated heterocycles. The number of carbonyl (C=O) groups excluding carboxylic acids is 1. The van der Waals surface area contributed by atoms with E-state index in [1.807, 2.05) is 27.8 Å².